The van der Waals surface area contributed by atoms with Crippen molar-refractivity contribution < 1.29 is 13.2 Å². The van der Waals surface area contributed by atoms with Crippen LogP contribution < -0.4 is 10.5 Å². The van der Waals surface area contributed by atoms with Crippen molar-refractivity contribution in [3.8, 4) is 0 Å². The summed E-state index contributed by atoms with van der Waals surface area (Å²) in [5.41, 5.74) is 0.666. The highest BCUT2D eigenvalue weighted by molar-refractivity contribution is 7.89. The molecule has 7 heteroatoms. The van der Waals surface area contributed by atoms with E-state index in [4.69, 9.17) is 16.7 Å². The molecule has 0 saturated heterocycles. The number of unbranched alkanes of at least 4 members (excludes halogenated alkanes) is 1. The number of nitrogens with one attached hydrogen (secondary N) is 1. The van der Waals surface area contributed by atoms with Gasteiger partial charge in [-0.1, -0.05) is 24.9 Å². The minimum Gasteiger partial charge on any atom is -0.384 e. The number of hydrogen-bond acceptors (Lipinski definition) is 4. The third kappa shape index (κ3) is 4.19. The van der Waals surface area contributed by atoms with Crippen molar-refractivity contribution >= 4 is 33.1 Å². The number of halogens is 1. The molecule has 3 N–H and O–H groups in total. The average Bonchev–Trinajstić information content (AvgIpc) is 2.29. The number of carbonyl (C=O) groups is 1. The van der Waals surface area contributed by atoms with E-state index in [0.717, 1.165) is 12.8 Å². The summed E-state index contributed by atoms with van der Waals surface area (Å²) in [5.74, 6) is -0.250. The number of ketones is 1. The SMILES string of the molecule is CCCCNc1cc(C(C)=O)cc(S(N)(=O)=O)c1Cl. The second-order valence-electron chi connectivity index (χ2n) is 4.22. The molecule has 0 bridgehead atoms. The zero-order valence-electron chi connectivity index (χ0n) is 10.9. The van der Waals surface area contributed by atoms with Gasteiger partial charge in [-0.05, 0) is 25.5 Å². The molecule has 0 aliphatic rings. The lowest BCUT2D eigenvalue weighted by molar-refractivity contribution is 0.101. The first kappa shape index (κ1) is 15.9. The Balaban J connectivity index is 3.29. The predicted molar refractivity (Wildman–Crippen MR) is 76.2 cm³/mol. The van der Waals surface area contributed by atoms with Crippen LogP contribution >= 0.6 is 11.6 Å². The van der Waals surface area contributed by atoms with Gasteiger partial charge in [-0.15, -0.1) is 0 Å². The molecule has 0 radical (unpaired) electrons. The maximum absolute atomic E-state index is 11.5. The highest BCUT2D eigenvalue weighted by atomic mass is 35.5. The van der Waals surface area contributed by atoms with Gasteiger partial charge in [0.1, 0.15) is 4.90 Å². The summed E-state index contributed by atoms with van der Waals surface area (Å²) < 4.78 is 22.9. The van der Waals surface area contributed by atoms with Crippen molar-refractivity contribution in [2.45, 2.75) is 31.6 Å². The van der Waals surface area contributed by atoms with Crippen LogP contribution in [0.5, 0.6) is 0 Å². The van der Waals surface area contributed by atoms with Gasteiger partial charge in [0.25, 0.3) is 0 Å². The summed E-state index contributed by atoms with van der Waals surface area (Å²) in [7, 11) is -3.97. The second kappa shape index (κ2) is 6.36. The van der Waals surface area contributed by atoms with E-state index < -0.39 is 10.0 Å². The molecule has 1 aromatic carbocycles. The molecule has 0 spiro atoms. The largest absolute Gasteiger partial charge is 0.384 e. The smallest absolute Gasteiger partial charge is 0.239 e. The van der Waals surface area contributed by atoms with Crippen LogP contribution in [0.15, 0.2) is 17.0 Å². The van der Waals surface area contributed by atoms with Gasteiger partial charge in [-0.25, -0.2) is 13.6 Å². The molecule has 0 amide bonds. The number of rotatable bonds is 6. The van der Waals surface area contributed by atoms with Crippen LogP contribution in [0.1, 0.15) is 37.0 Å². The molecule has 0 aliphatic carbocycles. The second-order valence-corrected chi connectivity index (χ2v) is 6.13. The molecule has 5 nitrogen and oxygen atoms in total. The fraction of sp³-hybridized carbons (Fsp3) is 0.417. The van der Waals surface area contributed by atoms with E-state index in [-0.39, 0.29) is 21.3 Å². The topological polar surface area (TPSA) is 89.3 Å². The van der Waals surface area contributed by atoms with Crippen molar-refractivity contribution in [3.63, 3.8) is 0 Å². The number of sulfonamides is 1. The van der Waals surface area contributed by atoms with Gasteiger partial charge in [0.15, 0.2) is 5.78 Å². The van der Waals surface area contributed by atoms with Crippen molar-refractivity contribution in [3.05, 3.63) is 22.7 Å². The van der Waals surface area contributed by atoms with E-state index in [2.05, 4.69) is 5.32 Å². The molecule has 0 atom stereocenters. The van der Waals surface area contributed by atoms with E-state index in [9.17, 15) is 13.2 Å². The molecule has 0 unspecified atom stereocenters. The Morgan fingerprint density at radius 1 is 1.42 bits per heavy atom. The third-order valence-electron chi connectivity index (χ3n) is 2.60. The highest BCUT2D eigenvalue weighted by Crippen LogP contribution is 2.30. The van der Waals surface area contributed by atoms with E-state index in [1.807, 2.05) is 6.92 Å². The number of carbonyl (C=O) groups excluding carboxylic acids is 1. The van der Waals surface area contributed by atoms with Gasteiger partial charge < -0.3 is 5.32 Å². The summed E-state index contributed by atoms with van der Waals surface area (Å²) >= 11 is 6.02. The van der Waals surface area contributed by atoms with Crippen molar-refractivity contribution in [1.29, 1.82) is 0 Å². The lowest BCUT2D eigenvalue weighted by atomic mass is 10.1. The van der Waals surface area contributed by atoms with Crippen molar-refractivity contribution in [2.24, 2.45) is 5.14 Å². The number of hydrogen-bond donors (Lipinski definition) is 2. The Morgan fingerprint density at radius 3 is 2.53 bits per heavy atom. The Labute approximate surface area is 118 Å². The average molecular weight is 305 g/mol. The van der Waals surface area contributed by atoms with Gasteiger partial charge in [0, 0.05) is 12.1 Å². The molecule has 0 heterocycles. The van der Waals surface area contributed by atoms with Crippen LogP contribution in [0.2, 0.25) is 5.02 Å². The number of anilines is 1. The van der Waals surface area contributed by atoms with Gasteiger partial charge in [0.2, 0.25) is 10.0 Å². The highest BCUT2D eigenvalue weighted by Gasteiger charge is 2.19. The molecular formula is C12H17ClN2O3S. The molecule has 0 saturated carbocycles. The normalized spacial score (nSPS) is 11.4. The maximum atomic E-state index is 11.5. The predicted octanol–water partition coefficient (Wildman–Crippen LogP) is 2.40. The summed E-state index contributed by atoms with van der Waals surface area (Å²) in [6, 6.07) is 2.74. The van der Waals surface area contributed by atoms with Gasteiger partial charge in [-0.3, -0.25) is 4.79 Å². The summed E-state index contributed by atoms with van der Waals surface area (Å²) in [4.78, 5) is 11.2. The minimum atomic E-state index is -3.97. The lowest BCUT2D eigenvalue weighted by Gasteiger charge is -2.12. The van der Waals surface area contributed by atoms with E-state index in [1.54, 1.807) is 0 Å². The van der Waals surface area contributed by atoms with Crippen LogP contribution in [0.4, 0.5) is 5.69 Å². The zero-order chi connectivity index (χ0) is 14.6. The quantitative estimate of drug-likeness (QED) is 0.624. The molecular weight excluding hydrogens is 288 g/mol. The van der Waals surface area contributed by atoms with Crippen LogP contribution in [0.3, 0.4) is 0 Å². The first-order valence-corrected chi connectivity index (χ1v) is 7.81. The van der Waals surface area contributed by atoms with Crippen LogP contribution in [0.25, 0.3) is 0 Å². The molecule has 19 heavy (non-hydrogen) atoms. The zero-order valence-corrected chi connectivity index (χ0v) is 12.4. The first-order chi connectivity index (χ1) is 8.77. The number of benzene rings is 1. The Bertz CT molecular complexity index is 585. The van der Waals surface area contributed by atoms with Crippen molar-refractivity contribution in [2.75, 3.05) is 11.9 Å². The summed E-state index contributed by atoms with van der Waals surface area (Å²) in [5, 5.41) is 8.13. The monoisotopic (exact) mass is 304 g/mol. The number of Topliss-reactive ketones (excluding diaryl/α,β-unsaturated/α-hetero) is 1. The van der Waals surface area contributed by atoms with E-state index in [1.165, 1.54) is 19.1 Å². The molecule has 1 aromatic rings. The standard InChI is InChI=1S/C12H17ClN2O3S/c1-3-4-5-15-10-6-9(8(2)16)7-11(12(10)13)19(14,17)18/h6-7,15H,3-5H2,1-2H3,(H2,14,17,18). The molecule has 1 rings (SSSR count). The fourth-order valence-electron chi connectivity index (χ4n) is 1.54. The molecule has 0 fully saturated rings. The van der Waals surface area contributed by atoms with Crippen molar-refractivity contribution in [1.82, 2.24) is 0 Å². The Morgan fingerprint density at radius 2 is 2.05 bits per heavy atom. The fourth-order valence-corrected chi connectivity index (χ4v) is 2.69. The summed E-state index contributed by atoms with van der Waals surface area (Å²) in [6.07, 6.45) is 1.89. The van der Waals surface area contributed by atoms with E-state index in [0.29, 0.717) is 12.2 Å². The number of primary sulfonamides is 1. The molecule has 0 aliphatic heterocycles. The summed E-state index contributed by atoms with van der Waals surface area (Å²) in [6.45, 7) is 4.03. The van der Waals surface area contributed by atoms with Crippen LogP contribution in [-0.2, 0) is 10.0 Å². The lowest BCUT2D eigenvalue weighted by Crippen LogP contribution is -2.15. The Kier molecular flexibility index (Phi) is 5.34. The van der Waals surface area contributed by atoms with Gasteiger partial charge in [-0.2, -0.15) is 0 Å². The third-order valence-corrected chi connectivity index (χ3v) is 4.05. The molecule has 106 valence electrons. The van der Waals surface area contributed by atoms with Gasteiger partial charge in [0.05, 0.1) is 10.7 Å². The minimum absolute atomic E-state index is 0.0172. The van der Waals surface area contributed by atoms with Crippen LogP contribution in [-0.4, -0.2) is 20.7 Å². The molecule has 0 aromatic heterocycles. The van der Waals surface area contributed by atoms with Crippen LogP contribution in [0, 0.1) is 0 Å². The van der Waals surface area contributed by atoms with Gasteiger partial charge >= 0.3 is 0 Å². The Hall–Kier alpha value is -1.11. The number of nitrogens with two attached hydrogens (primary N) is 1. The first-order valence-electron chi connectivity index (χ1n) is 5.88. The maximum Gasteiger partial charge on any atom is 0.239 e. The van der Waals surface area contributed by atoms with E-state index >= 15 is 0 Å².